The minimum atomic E-state index is -0.267. The van der Waals surface area contributed by atoms with Gasteiger partial charge in [0.05, 0.1) is 30.7 Å². The molecule has 25 heavy (non-hydrogen) atoms. The number of aryl methyl sites for hydroxylation is 1. The summed E-state index contributed by atoms with van der Waals surface area (Å²) in [6.07, 6.45) is 4.79. The first-order chi connectivity index (χ1) is 12.0. The Morgan fingerprint density at radius 1 is 1.36 bits per heavy atom. The molecule has 1 aliphatic heterocycles. The molecule has 2 aromatic rings. The number of carbonyl (C=O) groups excluding carboxylic acids is 1. The zero-order valence-electron chi connectivity index (χ0n) is 14.6. The van der Waals surface area contributed by atoms with E-state index in [9.17, 15) is 4.79 Å². The third-order valence-electron chi connectivity index (χ3n) is 4.03. The molecule has 2 aromatic heterocycles. The Morgan fingerprint density at radius 2 is 2.20 bits per heavy atom. The fourth-order valence-corrected chi connectivity index (χ4v) is 2.56. The highest BCUT2D eigenvalue weighted by Crippen LogP contribution is 2.22. The number of morpholine rings is 1. The molecule has 3 heterocycles. The van der Waals surface area contributed by atoms with Gasteiger partial charge in [0.15, 0.2) is 0 Å². The van der Waals surface area contributed by atoms with Crippen molar-refractivity contribution in [3.8, 4) is 0 Å². The topological polar surface area (TPSA) is 83.5 Å². The predicted molar refractivity (Wildman–Crippen MR) is 94.6 cm³/mol. The van der Waals surface area contributed by atoms with E-state index in [2.05, 4.69) is 20.3 Å². The van der Waals surface area contributed by atoms with Gasteiger partial charge >= 0.3 is 6.03 Å². The van der Waals surface area contributed by atoms with Gasteiger partial charge in [0.1, 0.15) is 6.10 Å². The molecule has 0 aliphatic carbocycles. The van der Waals surface area contributed by atoms with Crippen molar-refractivity contribution in [3.63, 3.8) is 0 Å². The summed E-state index contributed by atoms with van der Waals surface area (Å²) in [5.41, 5.74) is 2.46. The second-order valence-corrected chi connectivity index (χ2v) is 6.10. The Morgan fingerprint density at radius 3 is 2.96 bits per heavy atom. The standard InChI is InChI=1S/C17H22N6O2/c1-12-4-6-18-10-14(12)21-17(24)23-8-9-25-15(11-23)13-5-7-19-16(20-13)22(2)3/h4-7,10,15H,8-9,11H2,1-3H3,(H,21,24). The normalized spacial score (nSPS) is 17.2. The number of nitrogens with zero attached hydrogens (tertiary/aromatic N) is 5. The first kappa shape index (κ1) is 17.1. The van der Waals surface area contributed by atoms with Crippen LogP contribution in [0.2, 0.25) is 0 Å². The van der Waals surface area contributed by atoms with Crippen molar-refractivity contribution in [2.45, 2.75) is 13.0 Å². The quantitative estimate of drug-likeness (QED) is 0.916. The summed E-state index contributed by atoms with van der Waals surface area (Å²) < 4.78 is 5.81. The maximum Gasteiger partial charge on any atom is 0.322 e. The number of ether oxygens (including phenoxy) is 1. The molecule has 1 unspecified atom stereocenters. The Bertz CT molecular complexity index is 751. The Hall–Kier alpha value is -2.74. The summed E-state index contributed by atoms with van der Waals surface area (Å²) in [7, 11) is 3.77. The predicted octanol–water partition coefficient (Wildman–Crippen LogP) is 1.85. The highest BCUT2D eigenvalue weighted by Gasteiger charge is 2.27. The molecule has 2 amide bonds. The summed E-state index contributed by atoms with van der Waals surface area (Å²) in [6.45, 7) is 3.37. The third kappa shape index (κ3) is 4.03. The van der Waals surface area contributed by atoms with Gasteiger partial charge in [-0.2, -0.15) is 0 Å². The van der Waals surface area contributed by atoms with E-state index in [1.165, 1.54) is 0 Å². The molecule has 1 fully saturated rings. The minimum Gasteiger partial charge on any atom is -0.368 e. The lowest BCUT2D eigenvalue weighted by molar-refractivity contribution is -0.0157. The summed E-state index contributed by atoms with van der Waals surface area (Å²) in [6, 6.07) is 3.53. The molecule has 0 bridgehead atoms. The molecule has 8 nitrogen and oxygen atoms in total. The van der Waals surface area contributed by atoms with Gasteiger partial charge < -0.3 is 19.9 Å². The summed E-state index contributed by atoms with van der Waals surface area (Å²) in [4.78, 5) is 28.9. The zero-order valence-corrected chi connectivity index (χ0v) is 14.6. The number of hydrogen-bond acceptors (Lipinski definition) is 6. The van der Waals surface area contributed by atoms with Gasteiger partial charge in [-0.05, 0) is 24.6 Å². The summed E-state index contributed by atoms with van der Waals surface area (Å²) in [5, 5.41) is 2.91. The molecule has 1 aliphatic rings. The van der Waals surface area contributed by atoms with Crippen LogP contribution in [0.15, 0.2) is 30.7 Å². The van der Waals surface area contributed by atoms with Crippen LogP contribution in [0.4, 0.5) is 16.4 Å². The van der Waals surface area contributed by atoms with Gasteiger partial charge in [-0.1, -0.05) is 0 Å². The summed E-state index contributed by atoms with van der Waals surface area (Å²) in [5.74, 6) is 0.619. The van der Waals surface area contributed by atoms with Crippen LogP contribution in [0.25, 0.3) is 0 Å². The van der Waals surface area contributed by atoms with E-state index >= 15 is 0 Å². The fourth-order valence-electron chi connectivity index (χ4n) is 2.56. The maximum atomic E-state index is 12.6. The van der Waals surface area contributed by atoms with Crippen LogP contribution in [0.5, 0.6) is 0 Å². The molecule has 1 saturated heterocycles. The van der Waals surface area contributed by atoms with Crippen LogP contribution >= 0.6 is 0 Å². The Labute approximate surface area is 146 Å². The van der Waals surface area contributed by atoms with Crippen LogP contribution in [-0.2, 0) is 4.74 Å². The van der Waals surface area contributed by atoms with Crippen molar-refractivity contribution in [1.29, 1.82) is 0 Å². The molecule has 0 saturated carbocycles. The SMILES string of the molecule is Cc1ccncc1NC(=O)N1CCOC(c2ccnc(N(C)C)n2)C1. The van der Waals surface area contributed by atoms with Crippen LogP contribution in [0.3, 0.4) is 0 Å². The number of amides is 2. The molecule has 3 rings (SSSR count). The average molecular weight is 342 g/mol. The largest absolute Gasteiger partial charge is 0.368 e. The number of anilines is 2. The van der Waals surface area contributed by atoms with Crippen LogP contribution in [-0.4, -0.2) is 59.7 Å². The van der Waals surface area contributed by atoms with Gasteiger partial charge in [-0.3, -0.25) is 4.98 Å². The molecule has 1 atom stereocenters. The second-order valence-electron chi connectivity index (χ2n) is 6.10. The number of hydrogen-bond donors (Lipinski definition) is 1. The third-order valence-corrected chi connectivity index (χ3v) is 4.03. The lowest BCUT2D eigenvalue weighted by Crippen LogP contribution is -2.44. The van der Waals surface area contributed by atoms with Crippen molar-refractivity contribution in [1.82, 2.24) is 19.9 Å². The zero-order chi connectivity index (χ0) is 17.8. The Balaban J connectivity index is 1.69. The van der Waals surface area contributed by atoms with Gasteiger partial charge in [0, 0.05) is 33.0 Å². The van der Waals surface area contributed by atoms with Crippen molar-refractivity contribution in [2.75, 3.05) is 44.0 Å². The van der Waals surface area contributed by atoms with Gasteiger partial charge in [-0.15, -0.1) is 0 Å². The van der Waals surface area contributed by atoms with Gasteiger partial charge in [-0.25, -0.2) is 14.8 Å². The van der Waals surface area contributed by atoms with Crippen LogP contribution in [0, 0.1) is 6.92 Å². The maximum absolute atomic E-state index is 12.6. The van der Waals surface area contributed by atoms with Gasteiger partial charge in [0.2, 0.25) is 5.95 Å². The van der Waals surface area contributed by atoms with Crippen molar-refractivity contribution in [2.24, 2.45) is 0 Å². The van der Waals surface area contributed by atoms with E-state index in [-0.39, 0.29) is 12.1 Å². The van der Waals surface area contributed by atoms with Crippen molar-refractivity contribution >= 4 is 17.7 Å². The number of urea groups is 1. The number of nitrogens with one attached hydrogen (secondary N) is 1. The van der Waals surface area contributed by atoms with E-state index < -0.39 is 0 Å². The molecular formula is C17H22N6O2. The lowest BCUT2D eigenvalue weighted by atomic mass is 10.2. The highest BCUT2D eigenvalue weighted by atomic mass is 16.5. The number of rotatable bonds is 3. The van der Waals surface area contributed by atoms with E-state index in [1.807, 2.05) is 38.1 Å². The molecule has 0 aromatic carbocycles. The van der Waals surface area contributed by atoms with E-state index in [0.29, 0.717) is 31.3 Å². The van der Waals surface area contributed by atoms with E-state index in [1.54, 1.807) is 23.5 Å². The molecular weight excluding hydrogens is 320 g/mol. The number of pyridine rings is 1. The lowest BCUT2D eigenvalue weighted by Gasteiger charge is -2.32. The highest BCUT2D eigenvalue weighted by molar-refractivity contribution is 5.90. The number of aromatic nitrogens is 3. The first-order valence-electron chi connectivity index (χ1n) is 8.13. The number of carbonyl (C=O) groups is 1. The van der Waals surface area contributed by atoms with Crippen LogP contribution in [0.1, 0.15) is 17.4 Å². The van der Waals surface area contributed by atoms with Gasteiger partial charge in [0.25, 0.3) is 0 Å². The molecule has 8 heteroatoms. The van der Waals surface area contributed by atoms with E-state index in [0.717, 1.165) is 11.3 Å². The van der Waals surface area contributed by atoms with Crippen molar-refractivity contribution < 1.29 is 9.53 Å². The van der Waals surface area contributed by atoms with Crippen molar-refractivity contribution in [3.05, 3.63) is 42.0 Å². The molecule has 1 N–H and O–H groups in total. The monoisotopic (exact) mass is 342 g/mol. The van der Waals surface area contributed by atoms with E-state index in [4.69, 9.17) is 4.74 Å². The fraction of sp³-hybridized carbons (Fsp3) is 0.412. The second kappa shape index (κ2) is 7.43. The first-order valence-corrected chi connectivity index (χ1v) is 8.13. The summed E-state index contributed by atoms with van der Waals surface area (Å²) >= 11 is 0. The van der Waals surface area contributed by atoms with Crippen LogP contribution < -0.4 is 10.2 Å². The average Bonchev–Trinajstić information content (AvgIpc) is 2.64. The minimum absolute atomic E-state index is 0.161. The Kier molecular flexibility index (Phi) is 5.08. The smallest absolute Gasteiger partial charge is 0.322 e. The molecule has 0 spiro atoms. The molecule has 132 valence electrons. The molecule has 0 radical (unpaired) electrons.